The molecule has 0 heterocycles. The maximum Gasteiger partial charge on any atom is 1.00 e. The second-order valence-corrected chi connectivity index (χ2v) is 6.34. The Kier molecular flexibility index (Phi) is 18.8. The number of thioether (sulfide) groups is 1. The number of nitrogens with zero attached hydrogens (tertiary/aromatic N) is 2. The number of unbranched alkanes of at least 4 members (excludes halogenated alkanes) is 1. The Morgan fingerprint density at radius 1 is 1.38 bits per heavy atom. The molecular formula is C18H21N3Na2O5S. The molecule has 8 nitrogen and oxygen atoms in total. The van der Waals surface area contributed by atoms with Crippen molar-refractivity contribution in [3.8, 4) is 11.3 Å². The molecule has 0 amide bonds. The summed E-state index contributed by atoms with van der Waals surface area (Å²) in [7, 11) is 1.45. The molecule has 1 aromatic carbocycles. The number of carboxylic acids is 2. The topological polar surface area (TPSA) is 117 Å². The van der Waals surface area contributed by atoms with E-state index in [4.69, 9.17) is 4.84 Å². The van der Waals surface area contributed by atoms with Crippen molar-refractivity contribution in [2.24, 2.45) is 4.99 Å². The van der Waals surface area contributed by atoms with Crippen LogP contribution in [0.15, 0.2) is 29.3 Å². The summed E-state index contributed by atoms with van der Waals surface area (Å²) in [5.41, 5.74) is 3.59. The molecule has 1 aromatic rings. The van der Waals surface area contributed by atoms with Gasteiger partial charge in [0.15, 0.2) is 0 Å². The molecule has 1 atom stereocenters. The minimum atomic E-state index is -1.50. The smallest absolute Gasteiger partial charge is 0.550 e. The fourth-order valence-electron chi connectivity index (χ4n) is 1.98. The number of hydrogen-bond donors (Lipinski definition) is 1. The van der Waals surface area contributed by atoms with Crippen LogP contribution in [0.4, 0.5) is 11.4 Å². The normalized spacial score (nSPS) is 10.6. The number of aliphatic imine (C=N–C) groups is 1. The monoisotopic (exact) mass is 437 g/mol. The molecule has 0 fully saturated rings. The Balaban J connectivity index is 0. The van der Waals surface area contributed by atoms with Crippen LogP contribution in [0.25, 0.3) is 0 Å². The van der Waals surface area contributed by atoms with Crippen molar-refractivity contribution in [1.82, 2.24) is 0 Å². The quantitative estimate of drug-likeness (QED) is 0.0909. The van der Waals surface area contributed by atoms with Gasteiger partial charge in [0, 0.05) is 36.9 Å². The van der Waals surface area contributed by atoms with Gasteiger partial charge in [0.2, 0.25) is 6.40 Å². The van der Waals surface area contributed by atoms with E-state index in [1.54, 1.807) is 24.3 Å². The number of carbonyl (C=O) groups excluding carboxylic acids is 2. The Labute approximate surface area is 219 Å². The van der Waals surface area contributed by atoms with Gasteiger partial charge in [0.05, 0.1) is 17.7 Å². The summed E-state index contributed by atoms with van der Waals surface area (Å²) in [4.78, 5) is 32.0. The van der Waals surface area contributed by atoms with Gasteiger partial charge in [-0.15, -0.1) is 0 Å². The third-order valence-corrected chi connectivity index (χ3v) is 4.15. The summed E-state index contributed by atoms with van der Waals surface area (Å²) >= 11 is 1.49. The molecule has 0 bridgehead atoms. The van der Waals surface area contributed by atoms with E-state index in [2.05, 4.69) is 28.7 Å². The molecule has 0 saturated carbocycles. The summed E-state index contributed by atoms with van der Waals surface area (Å²) < 4.78 is 0. The molecule has 0 aromatic heterocycles. The van der Waals surface area contributed by atoms with Crippen molar-refractivity contribution in [2.45, 2.75) is 32.2 Å². The Morgan fingerprint density at radius 2 is 2.10 bits per heavy atom. The number of benzene rings is 1. The van der Waals surface area contributed by atoms with Gasteiger partial charge in [-0.3, -0.25) is 0 Å². The van der Waals surface area contributed by atoms with E-state index in [-0.39, 0.29) is 59.1 Å². The zero-order valence-electron chi connectivity index (χ0n) is 17.1. The van der Waals surface area contributed by atoms with Crippen LogP contribution in [0.2, 0.25) is 0 Å². The summed E-state index contributed by atoms with van der Waals surface area (Å²) in [5.74, 6) is -2.01. The zero-order valence-corrected chi connectivity index (χ0v) is 22.0. The molecular weight excluding hydrogens is 416 g/mol. The van der Waals surface area contributed by atoms with E-state index in [0.29, 0.717) is 11.4 Å². The average molecular weight is 437 g/mol. The summed E-state index contributed by atoms with van der Waals surface area (Å²) in [6, 6.07) is 7.79. The van der Waals surface area contributed by atoms with Crippen molar-refractivity contribution in [3.63, 3.8) is 0 Å². The van der Waals surface area contributed by atoms with E-state index in [0.717, 1.165) is 25.0 Å². The van der Waals surface area contributed by atoms with Crippen molar-refractivity contribution in [3.05, 3.63) is 24.3 Å². The molecule has 11 heteroatoms. The molecule has 1 unspecified atom stereocenters. The number of carboxylic acid groups (broad SMARTS) is 2. The van der Waals surface area contributed by atoms with Crippen molar-refractivity contribution >= 4 is 41.5 Å². The van der Waals surface area contributed by atoms with Gasteiger partial charge in [0.1, 0.15) is 0 Å². The third-order valence-electron chi connectivity index (χ3n) is 3.42. The first-order chi connectivity index (χ1) is 13.0. The molecule has 0 aliphatic carbocycles. The van der Waals surface area contributed by atoms with E-state index in [1.807, 2.05) is 0 Å². The predicted octanol–water partition coefficient (Wildman–Crippen LogP) is -5.79. The molecule has 1 N–H and O–H groups in total. The summed E-state index contributed by atoms with van der Waals surface area (Å²) in [6.45, 7) is 2.11. The number of aliphatic carboxylic acids is 2. The van der Waals surface area contributed by atoms with Crippen molar-refractivity contribution in [1.29, 1.82) is 0 Å². The average Bonchev–Trinajstić information content (AvgIpc) is 2.64. The Morgan fingerprint density at radius 3 is 2.72 bits per heavy atom. The van der Waals surface area contributed by atoms with E-state index < -0.39 is 24.4 Å². The van der Waals surface area contributed by atoms with Crippen LogP contribution in [-0.4, -0.2) is 37.2 Å². The predicted molar refractivity (Wildman–Crippen MR) is 102 cm³/mol. The first-order valence-corrected chi connectivity index (χ1v) is 9.22. The Bertz CT molecular complexity index is 725. The molecule has 0 radical (unpaired) electrons. The standard InChI is InChI=1S/C18H23N3O5S.2Na/c1-3-4-9-27-10-8-19-13-26-20-14-6-5-7-15(11-14)21(2)16(18(24)25)12-17(22)23;;/h5-7,11,13,16,20H,3-4,9,12H2,1-2H3,(H,22,23)(H,24,25);;/q;2*+1/p-2. The summed E-state index contributed by atoms with van der Waals surface area (Å²) in [6.07, 6.45) is 2.68. The Hall–Kier alpha value is -0.860. The van der Waals surface area contributed by atoms with Gasteiger partial charge in [0.25, 0.3) is 0 Å². The van der Waals surface area contributed by atoms with Crippen LogP contribution < -0.4 is 79.7 Å². The third kappa shape index (κ3) is 13.1. The molecule has 146 valence electrons. The number of rotatable bonds is 11. The second-order valence-electron chi connectivity index (χ2n) is 5.44. The number of hydrogen-bond acceptors (Lipinski definition) is 9. The van der Waals surface area contributed by atoms with Crippen LogP contribution in [-0.2, 0) is 14.4 Å². The summed E-state index contributed by atoms with van der Waals surface area (Å²) in [5, 5.41) is 24.7. The SMILES string of the molecule is CCCCSC#CN=CONc1cccc(N(C)C(CC(=O)[O-])C(=O)[O-])c1.[Na+].[Na+]. The molecule has 0 spiro atoms. The van der Waals surface area contributed by atoms with E-state index in [9.17, 15) is 19.8 Å². The van der Waals surface area contributed by atoms with Crippen LogP contribution in [0, 0.1) is 11.3 Å². The minimum absolute atomic E-state index is 0. The zero-order chi connectivity index (χ0) is 20.1. The molecule has 0 saturated heterocycles. The maximum absolute atomic E-state index is 11.2. The van der Waals surface area contributed by atoms with Crippen LogP contribution in [0.1, 0.15) is 26.2 Å². The van der Waals surface area contributed by atoms with Gasteiger partial charge in [-0.05, 0) is 29.9 Å². The van der Waals surface area contributed by atoms with Gasteiger partial charge >= 0.3 is 59.1 Å². The number of anilines is 2. The number of likely N-dealkylation sites (N-methyl/N-ethyl adjacent to an activating group) is 1. The molecule has 0 aliphatic rings. The molecule has 0 aliphatic heterocycles. The van der Waals surface area contributed by atoms with Crippen LogP contribution in [0.5, 0.6) is 0 Å². The maximum atomic E-state index is 11.2. The van der Waals surface area contributed by atoms with Crippen molar-refractivity contribution < 1.29 is 83.8 Å². The van der Waals surface area contributed by atoms with E-state index >= 15 is 0 Å². The van der Waals surface area contributed by atoms with Gasteiger partial charge < -0.3 is 29.5 Å². The van der Waals surface area contributed by atoms with Crippen molar-refractivity contribution in [2.75, 3.05) is 23.2 Å². The first-order valence-electron chi connectivity index (χ1n) is 8.24. The van der Waals surface area contributed by atoms with Crippen LogP contribution in [0.3, 0.4) is 0 Å². The largest absolute Gasteiger partial charge is 1.00 e. The molecule has 1 rings (SSSR count). The second kappa shape index (κ2) is 18.0. The number of carbonyl (C=O) groups is 2. The van der Waals surface area contributed by atoms with Gasteiger partial charge in [-0.1, -0.05) is 31.2 Å². The fourth-order valence-corrected chi connectivity index (χ4v) is 2.63. The first kappa shape index (κ1) is 30.3. The number of nitrogens with one attached hydrogen (secondary N) is 1. The van der Waals surface area contributed by atoms with Gasteiger partial charge in [-0.25, -0.2) is 5.48 Å². The van der Waals surface area contributed by atoms with E-state index in [1.165, 1.54) is 23.7 Å². The van der Waals surface area contributed by atoms with Gasteiger partial charge in [-0.2, -0.15) is 4.99 Å². The van der Waals surface area contributed by atoms with Crippen LogP contribution >= 0.6 is 11.8 Å². The fraction of sp³-hybridized carbons (Fsp3) is 0.389. The minimum Gasteiger partial charge on any atom is -0.550 e. The molecule has 29 heavy (non-hydrogen) atoms.